The lowest BCUT2D eigenvalue weighted by Crippen LogP contribution is -2.48. The van der Waals surface area contributed by atoms with Crippen molar-refractivity contribution < 1.29 is 32.3 Å². The molecule has 1 atom stereocenters. The van der Waals surface area contributed by atoms with Gasteiger partial charge in [-0.25, -0.2) is 9.78 Å². The van der Waals surface area contributed by atoms with E-state index in [9.17, 15) is 27.2 Å². The van der Waals surface area contributed by atoms with Gasteiger partial charge in [-0.2, -0.15) is 17.6 Å². The lowest BCUT2D eigenvalue weighted by atomic mass is 10.1. The number of rotatable bonds is 4. The Morgan fingerprint density at radius 1 is 1.42 bits per heavy atom. The van der Waals surface area contributed by atoms with Crippen LogP contribution in [0.4, 0.5) is 17.6 Å². The summed E-state index contributed by atoms with van der Waals surface area (Å²) in [6, 6.07) is 0.564. The van der Waals surface area contributed by atoms with Gasteiger partial charge in [0.2, 0.25) is 5.95 Å². The number of alkyl halides is 3. The fourth-order valence-corrected chi connectivity index (χ4v) is 1.23. The van der Waals surface area contributed by atoms with Crippen molar-refractivity contribution >= 4 is 11.9 Å². The highest BCUT2D eigenvalue weighted by Crippen LogP contribution is 2.15. The molecule has 5 nitrogen and oxygen atoms in total. The third-order valence-corrected chi connectivity index (χ3v) is 2.12. The van der Waals surface area contributed by atoms with Crippen LogP contribution in [-0.4, -0.2) is 34.2 Å². The third kappa shape index (κ3) is 4.19. The molecule has 2 N–H and O–H groups in total. The number of aliphatic carboxylic acids is 1. The van der Waals surface area contributed by atoms with Crippen LogP contribution in [0.1, 0.15) is 5.56 Å². The van der Waals surface area contributed by atoms with Gasteiger partial charge in [0.25, 0.3) is 0 Å². The number of carbonyl (C=O) groups is 2. The number of pyridine rings is 1. The minimum Gasteiger partial charge on any atom is -0.480 e. The van der Waals surface area contributed by atoms with Crippen LogP contribution < -0.4 is 5.32 Å². The van der Waals surface area contributed by atoms with Crippen LogP contribution in [0, 0.1) is 5.95 Å². The third-order valence-electron chi connectivity index (χ3n) is 2.12. The minimum atomic E-state index is -5.21. The van der Waals surface area contributed by atoms with E-state index in [1.54, 1.807) is 0 Å². The molecule has 0 aliphatic carbocycles. The molecular weight excluding hydrogens is 272 g/mol. The summed E-state index contributed by atoms with van der Waals surface area (Å²) in [7, 11) is 0. The van der Waals surface area contributed by atoms with E-state index >= 15 is 0 Å². The average molecular weight is 280 g/mol. The van der Waals surface area contributed by atoms with Crippen molar-refractivity contribution in [3.05, 3.63) is 29.8 Å². The Balaban J connectivity index is 2.83. The zero-order valence-corrected chi connectivity index (χ0v) is 9.24. The highest BCUT2D eigenvalue weighted by atomic mass is 19.4. The molecule has 0 radical (unpaired) electrons. The number of halogens is 4. The van der Waals surface area contributed by atoms with Crippen LogP contribution in [0.5, 0.6) is 0 Å². The van der Waals surface area contributed by atoms with Crippen molar-refractivity contribution in [2.24, 2.45) is 0 Å². The van der Waals surface area contributed by atoms with E-state index in [0.717, 1.165) is 12.3 Å². The maximum Gasteiger partial charge on any atom is 0.471 e. The zero-order valence-electron chi connectivity index (χ0n) is 9.24. The second-order valence-electron chi connectivity index (χ2n) is 3.52. The van der Waals surface area contributed by atoms with Crippen LogP contribution >= 0.6 is 0 Å². The second kappa shape index (κ2) is 5.63. The second-order valence-corrected chi connectivity index (χ2v) is 3.52. The lowest BCUT2D eigenvalue weighted by molar-refractivity contribution is -0.175. The van der Waals surface area contributed by atoms with Gasteiger partial charge in [-0.05, 0) is 6.07 Å². The first-order valence-electron chi connectivity index (χ1n) is 4.91. The number of carbonyl (C=O) groups excluding carboxylic acids is 1. The van der Waals surface area contributed by atoms with Gasteiger partial charge >= 0.3 is 18.1 Å². The van der Waals surface area contributed by atoms with Crippen LogP contribution in [0.25, 0.3) is 0 Å². The molecule has 0 spiro atoms. The normalized spacial score (nSPS) is 12.8. The first-order chi connectivity index (χ1) is 8.71. The smallest absolute Gasteiger partial charge is 0.471 e. The lowest BCUT2D eigenvalue weighted by Gasteiger charge is -2.15. The van der Waals surface area contributed by atoms with Crippen molar-refractivity contribution in [3.8, 4) is 0 Å². The average Bonchev–Trinajstić information content (AvgIpc) is 2.29. The summed E-state index contributed by atoms with van der Waals surface area (Å²) in [5.41, 5.74) is -0.211. The van der Waals surface area contributed by atoms with Gasteiger partial charge in [-0.15, -0.1) is 0 Å². The van der Waals surface area contributed by atoms with Gasteiger partial charge in [0, 0.05) is 18.2 Å². The topological polar surface area (TPSA) is 79.3 Å². The maximum absolute atomic E-state index is 13.1. The Bertz CT molecular complexity index is 490. The largest absolute Gasteiger partial charge is 0.480 e. The van der Waals surface area contributed by atoms with E-state index in [2.05, 4.69) is 4.98 Å². The summed E-state index contributed by atoms with van der Waals surface area (Å²) in [4.78, 5) is 24.6. The van der Waals surface area contributed by atoms with Crippen molar-refractivity contribution in [1.29, 1.82) is 0 Å². The first-order valence-corrected chi connectivity index (χ1v) is 4.91. The van der Waals surface area contributed by atoms with E-state index in [1.807, 2.05) is 0 Å². The number of amides is 1. The molecule has 0 saturated carbocycles. The summed E-state index contributed by atoms with van der Waals surface area (Å²) >= 11 is 0. The van der Waals surface area contributed by atoms with Crippen LogP contribution in [-0.2, 0) is 16.0 Å². The molecule has 1 rings (SSSR count). The van der Waals surface area contributed by atoms with E-state index < -0.39 is 36.5 Å². The first kappa shape index (κ1) is 14.9. The van der Waals surface area contributed by atoms with E-state index in [1.165, 1.54) is 11.4 Å². The molecule has 0 bridgehead atoms. The van der Waals surface area contributed by atoms with Gasteiger partial charge < -0.3 is 10.4 Å². The minimum absolute atomic E-state index is 0.211. The van der Waals surface area contributed by atoms with Crippen LogP contribution in [0.2, 0.25) is 0 Å². The Hall–Kier alpha value is -2.19. The molecule has 104 valence electrons. The molecule has 1 amide bonds. The Morgan fingerprint density at radius 2 is 2.05 bits per heavy atom. The van der Waals surface area contributed by atoms with Gasteiger partial charge in [0.05, 0.1) is 0 Å². The Morgan fingerprint density at radius 3 is 2.53 bits per heavy atom. The van der Waals surface area contributed by atoms with Gasteiger partial charge in [-0.1, -0.05) is 6.07 Å². The fraction of sp³-hybridized carbons (Fsp3) is 0.300. The van der Waals surface area contributed by atoms with E-state index in [4.69, 9.17) is 5.11 Å². The van der Waals surface area contributed by atoms with Crippen molar-refractivity contribution in [2.45, 2.75) is 18.6 Å². The molecule has 0 aromatic carbocycles. The van der Waals surface area contributed by atoms with Crippen LogP contribution in [0.3, 0.4) is 0 Å². The molecule has 9 heteroatoms. The Labute approximate surface area is 104 Å². The van der Waals surface area contributed by atoms with E-state index in [-0.39, 0.29) is 5.56 Å². The molecule has 19 heavy (non-hydrogen) atoms. The number of nitrogens with zero attached hydrogens (tertiary/aromatic N) is 1. The molecular formula is C10H8F4N2O3. The number of aromatic nitrogens is 1. The highest BCUT2D eigenvalue weighted by molar-refractivity contribution is 5.87. The van der Waals surface area contributed by atoms with Crippen LogP contribution in [0.15, 0.2) is 18.3 Å². The monoisotopic (exact) mass is 280 g/mol. The molecule has 0 aliphatic rings. The summed E-state index contributed by atoms with van der Waals surface area (Å²) in [5.74, 6) is -5.11. The predicted molar refractivity (Wildman–Crippen MR) is 53.5 cm³/mol. The molecule has 1 unspecified atom stereocenters. The standard InChI is InChI=1S/C10H8F4N2O3/c11-7-5(2-1-3-15-7)4-6(8(17)18)16-9(19)10(12,13)14/h1-3,6H,4H2,(H,16,19)(H,17,18). The van der Waals surface area contributed by atoms with Crippen molar-refractivity contribution in [3.63, 3.8) is 0 Å². The molecule has 1 aromatic heterocycles. The highest BCUT2D eigenvalue weighted by Gasteiger charge is 2.40. The maximum atomic E-state index is 13.1. The van der Waals surface area contributed by atoms with E-state index in [0.29, 0.717) is 0 Å². The quantitative estimate of drug-likeness (QED) is 0.634. The van der Waals surface area contributed by atoms with Crippen molar-refractivity contribution in [1.82, 2.24) is 10.3 Å². The molecule has 0 aliphatic heterocycles. The Kier molecular flexibility index (Phi) is 4.41. The fourth-order valence-electron chi connectivity index (χ4n) is 1.23. The van der Waals surface area contributed by atoms with Gasteiger partial charge in [0.1, 0.15) is 6.04 Å². The molecule has 0 fully saturated rings. The summed E-state index contributed by atoms with van der Waals surface area (Å²) in [5, 5.41) is 9.99. The number of carboxylic acids is 1. The van der Waals surface area contributed by atoms with Gasteiger partial charge in [-0.3, -0.25) is 4.79 Å². The summed E-state index contributed by atoms with van der Waals surface area (Å²) in [6.45, 7) is 0. The van der Waals surface area contributed by atoms with Gasteiger partial charge in [0.15, 0.2) is 0 Å². The molecule has 0 saturated heterocycles. The predicted octanol–water partition coefficient (Wildman–Crippen LogP) is 0.895. The number of nitrogens with one attached hydrogen (secondary N) is 1. The number of hydrogen-bond acceptors (Lipinski definition) is 3. The number of hydrogen-bond donors (Lipinski definition) is 2. The summed E-state index contributed by atoms with van der Waals surface area (Å²) < 4.78 is 49.1. The SMILES string of the molecule is O=C(O)C(Cc1cccnc1F)NC(=O)C(F)(F)F. The zero-order chi connectivity index (χ0) is 14.6. The summed E-state index contributed by atoms with van der Waals surface area (Å²) in [6.07, 6.45) is -4.75. The molecule has 1 aromatic rings. The van der Waals surface area contributed by atoms with Crippen molar-refractivity contribution in [2.75, 3.05) is 0 Å². The number of carboxylic acid groups (broad SMARTS) is 1. The molecule has 1 heterocycles.